The molecule has 0 saturated carbocycles. The summed E-state index contributed by atoms with van der Waals surface area (Å²) in [6.07, 6.45) is 2.67. The summed E-state index contributed by atoms with van der Waals surface area (Å²) in [4.78, 5) is 30.2. The Bertz CT molecular complexity index is 637. The van der Waals surface area contributed by atoms with Gasteiger partial charge in [0.15, 0.2) is 0 Å². The van der Waals surface area contributed by atoms with Crippen LogP contribution in [0.3, 0.4) is 0 Å². The quantitative estimate of drug-likeness (QED) is 0.870. The van der Waals surface area contributed by atoms with Crippen LogP contribution in [0.25, 0.3) is 0 Å². The smallest absolute Gasteiger partial charge is 0.231 e. The average molecular weight is 362 g/mol. The Morgan fingerprint density at radius 1 is 1.04 bits per heavy atom. The van der Waals surface area contributed by atoms with Crippen LogP contribution in [-0.2, 0) is 9.59 Å². The van der Waals surface area contributed by atoms with Gasteiger partial charge in [0.1, 0.15) is 5.82 Å². The lowest BCUT2D eigenvalue weighted by Gasteiger charge is -2.34. The number of carbonyl (C=O) groups is 2. The van der Waals surface area contributed by atoms with Gasteiger partial charge in [0.2, 0.25) is 11.8 Å². The van der Waals surface area contributed by atoms with Crippen molar-refractivity contribution in [2.75, 3.05) is 50.7 Å². The lowest BCUT2D eigenvalue weighted by Crippen LogP contribution is -2.47. The molecule has 2 fully saturated rings. The molecular weight excluding hydrogens is 335 g/mol. The normalized spacial score (nSPS) is 22.1. The van der Waals surface area contributed by atoms with E-state index < -0.39 is 0 Å². The van der Waals surface area contributed by atoms with Gasteiger partial charge in [-0.25, -0.2) is 4.39 Å². The molecule has 0 unspecified atom stereocenters. The highest BCUT2D eigenvalue weighted by atomic mass is 19.1. The van der Waals surface area contributed by atoms with Crippen molar-refractivity contribution in [1.29, 1.82) is 0 Å². The minimum atomic E-state index is -0.345. The van der Waals surface area contributed by atoms with E-state index in [4.69, 9.17) is 5.73 Å². The number of carbonyl (C=O) groups excluding carboxylic acids is 2. The Kier molecular flexibility index (Phi) is 6.08. The van der Waals surface area contributed by atoms with E-state index in [1.54, 1.807) is 12.1 Å². The number of benzene rings is 1. The number of likely N-dealkylation sites (tertiary alicyclic amines) is 1. The number of piperidine rings is 1. The molecule has 0 bridgehead atoms. The molecular formula is C19H27FN4O2. The highest BCUT2D eigenvalue weighted by Crippen LogP contribution is 2.21. The molecule has 1 aromatic carbocycles. The summed E-state index contributed by atoms with van der Waals surface area (Å²) >= 11 is 0. The molecule has 3 rings (SSSR count). The van der Waals surface area contributed by atoms with Gasteiger partial charge in [-0.2, -0.15) is 0 Å². The number of primary amides is 1. The maximum atomic E-state index is 13.1. The van der Waals surface area contributed by atoms with Gasteiger partial charge >= 0.3 is 0 Å². The SMILES string of the molecule is NC(=O)CN1CCC[C@@H](C(=O)N2CCCN(c3ccc(F)cc3)CC2)C1. The molecule has 2 heterocycles. The van der Waals surface area contributed by atoms with Crippen LogP contribution in [0.4, 0.5) is 10.1 Å². The maximum absolute atomic E-state index is 13.1. The zero-order valence-electron chi connectivity index (χ0n) is 15.1. The molecule has 2 aliphatic heterocycles. The second kappa shape index (κ2) is 8.49. The molecule has 142 valence electrons. The summed E-state index contributed by atoms with van der Waals surface area (Å²) in [5.74, 6) is -0.457. The predicted octanol–water partition coefficient (Wildman–Crippen LogP) is 1.06. The van der Waals surface area contributed by atoms with E-state index in [1.165, 1.54) is 12.1 Å². The first-order valence-electron chi connectivity index (χ1n) is 9.33. The number of hydrogen-bond donors (Lipinski definition) is 1. The maximum Gasteiger partial charge on any atom is 0.231 e. The fraction of sp³-hybridized carbons (Fsp3) is 0.579. The van der Waals surface area contributed by atoms with Gasteiger partial charge in [0.05, 0.1) is 12.5 Å². The van der Waals surface area contributed by atoms with Crippen molar-refractivity contribution in [3.8, 4) is 0 Å². The standard InChI is InChI=1S/C19H27FN4O2/c20-16-4-6-17(7-5-16)23-9-2-10-24(12-11-23)19(26)15-3-1-8-22(13-15)14-18(21)25/h4-7,15H,1-3,8-14H2,(H2,21,25)/t15-/m1/s1. The van der Waals surface area contributed by atoms with Crippen LogP contribution in [0.15, 0.2) is 24.3 Å². The van der Waals surface area contributed by atoms with Crippen molar-refractivity contribution < 1.29 is 14.0 Å². The van der Waals surface area contributed by atoms with Gasteiger partial charge in [-0.3, -0.25) is 14.5 Å². The number of nitrogens with two attached hydrogens (primary N) is 1. The van der Waals surface area contributed by atoms with E-state index in [9.17, 15) is 14.0 Å². The number of amides is 2. The minimum absolute atomic E-state index is 0.0551. The van der Waals surface area contributed by atoms with Crippen molar-refractivity contribution >= 4 is 17.5 Å². The Balaban J connectivity index is 1.57. The fourth-order valence-corrected chi connectivity index (χ4v) is 3.93. The van der Waals surface area contributed by atoms with Gasteiger partial charge in [-0.05, 0) is 50.1 Å². The third kappa shape index (κ3) is 4.72. The van der Waals surface area contributed by atoms with E-state index in [-0.39, 0.29) is 30.1 Å². The number of hydrogen-bond acceptors (Lipinski definition) is 4. The molecule has 2 aliphatic rings. The third-order valence-electron chi connectivity index (χ3n) is 5.23. The van der Waals surface area contributed by atoms with Crippen LogP contribution in [0.2, 0.25) is 0 Å². The van der Waals surface area contributed by atoms with Gasteiger partial charge in [0.25, 0.3) is 0 Å². The van der Waals surface area contributed by atoms with Gasteiger partial charge < -0.3 is 15.5 Å². The lowest BCUT2D eigenvalue weighted by atomic mass is 9.96. The van der Waals surface area contributed by atoms with E-state index in [1.807, 2.05) is 9.80 Å². The minimum Gasteiger partial charge on any atom is -0.370 e. The second-order valence-electron chi connectivity index (χ2n) is 7.18. The summed E-state index contributed by atoms with van der Waals surface area (Å²) in [6, 6.07) is 6.52. The zero-order chi connectivity index (χ0) is 18.5. The van der Waals surface area contributed by atoms with Gasteiger partial charge in [-0.1, -0.05) is 0 Å². The number of halogens is 1. The molecule has 7 heteroatoms. The number of nitrogens with zero attached hydrogens (tertiary/aromatic N) is 3. The first kappa shape index (κ1) is 18.6. The van der Waals surface area contributed by atoms with Crippen molar-refractivity contribution in [2.24, 2.45) is 11.7 Å². The highest BCUT2D eigenvalue weighted by Gasteiger charge is 2.30. The molecule has 2 N–H and O–H groups in total. The van der Waals surface area contributed by atoms with Crippen LogP contribution in [0, 0.1) is 11.7 Å². The van der Waals surface area contributed by atoms with Crippen molar-refractivity contribution in [2.45, 2.75) is 19.3 Å². The summed E-state index contributed by atoms with van der Waals surface area (Å²) in [5.41, 5.74) is 6.27. The summed E-state index contributed by atoms with van der Waals surface area (Å²) in [6.45, 7) is 4.67. The molecule has 6 nitrogen and oxygen atoms in total. The lowest BCUT2D eigenvalue weighted by molar-refractivity contribution is -0.137. The molecule has 1 aromatic rings. The molecule has 2 saturated heterocycles. The Morgan fingerprint density at radius 2 is 1.81 bits per heavy atom. The van der Waals surface area contributed by atoms with Crippen LogP contribution >= 0.6 is 0 Å². The highest BCUT2D eigenvalue weighted by molar-refractivity contribution is 5.80. The van der Waals surface area contributed by atoms with E-state index in [0.717, 1.165) is 51.1 Å². The second-order valence-corrected chi connectivity index (χ2v) is 7.18. The molecule has 0 spiro atoms. The van der Waals surface area contributed by atoms with Crippen LogP contribution < -0.4 is 10.6 Å². The topological polar surface area (TPSA) is 69.9 Å². The molecule has 0 aliphatic carbocycles. The Labute approximate surface area is 153 Å². The van der Waals surface area contributed by atoms with E-state index in [0.29, 0.717) is 13.1 Å². The first-order chi connectivity index (χ1) is 12.5. The monoisotopic (exact) mass is 362 g/mol. The molecule has 26 heavy (non-hydrogen) atoms. The summed E-state index contributed by atoms with van der Waals surface area (Å²) < 4.78 is 13.1. The fourth-order valence-electron chi connectivity index (χ4n) is 3.93. The third-order valence-corrected chi connectivity index (χ3v) is 5.23. The van der Waals surface area contributed by atoms with Crippen molar-refractivity contribution in [1.82, 2.24) is 9.80 Å². The predicted molar refractivity (Wildman–Crippen MR) is 98.2 cm³/mol. The molecule has 2 amide bonds. The molecule has 0 aromatic heterocycles. The van der Waals surface area contributed by atoms with Crippen LogP contribution in [-0.4, -0.2) is 67.4 Å². The summed E-state index contributed by atoms with van der Waals surface area (Å²) in [5, 5.41) is 0. The number of rotatable bonds is 4. The zero-order valence-corrected chi connectivity index (χ0v) is 15.1. The largest absolute Gasteiger partial charge is 0.370 e. The van der Waals surface area contributed by atoms with Gasteiger partial charge in [-0.15, -0.1) is 0 Å². The molecule has 1 atom stereocenters. The Hall–Kier alpha value is -2.15. The van der Waals surface area contributed by atoms with Crippen molar-refractivity contribution in [3.63, 3.8) is 0 Å². The van der Waals surface area contributed by atoms with E-state index in [2.05, 4.69) is 4.90 Å². The molecule has 0 radical (unpaired) electrons. The van der Waals surface area contributed by atoms with E-state index >= 15 is 0 Å². The van der Waals surface area contributed by atoms with Gasteiger partial charge in [0, 0.05) is 38.4 Å². The van der Waals surface area contributed by atoms with Crippen LogP contribution in [0.1, 0.15) is 19.3 Å². The summed E-state index contributed by atoms with van der Waals surface area (Å²) in [7, 11) is 0. The average Bonchev–Trinajstić information content (AvgIpc) is 2.87. The number of anilines is 1. The van der Waals surface area contributed by atoms with Crippen molar-refractivity contribution in [3.05, 3.63) is 30.1 Å². The first-order valence-corrected chi connectivity index (χ1v) is 9.33. The van der Waals surface area contributed by atoms with Crippen LogP contribution in [0.5, 0.6) is 0 Å². The Morgan fingerprint density at radius 3 is 2.54 bits per heavy atom.